The number of nitrogens with one attached hydrogen (secondary N) is 3. The Bertz CT molecular complexity index is 612. The zero-order valence-corrected chi connectivity index (χ0v) is 14.3. The molecule has 1 fully saturated rings. The number of carbonyl (C=O) groups is 2. The first-order valence-corrected chi connectivity index (χ1v) is 8.46. The molecule has 0 spiro atoms. The number of anilines is 2. The lowest BCUT2D eigenvalue weighted by Gasteiger charge is -2.34. The van der Waals surface area contributed by atoms with Crippen LogP contribution in [0.25, 0.3) is 0 Å². The number of benzene rings is 1. The quantitative estimate of drug-likeness (QED) is 0.627. The highest BCUT2D eigenvalue weighted by Gasteiger charge is 2.21. The molecule has 3 amide bonds. The molecular formula is C17H25FN4O3. The molecule has 1 aromatic carbocycles. The van der Waals surface area contributed by atoms with E-state index in [4.69, 9.17) is 0 Å². The number of rotatable bonds is 6. The number of hydrogen-bond acceptors (Lipinski definition) is 4. The normalized spacial score (nSPS) is 17.8. The van der Waals surface area contributed by atoms with Crippen LogP contribution in [0.2, 0.25) is 0 Å². The van der Waals surface area contributed by atoms with Gasteiger partial charge < -0.3 is 21.1 Å². The van der Waals surface area contributed by atoms with E-state index in [1.165, 1.54) is 25.1 Å². The fraction of sp³-hybridized carbons (Fsp3) is 0.529. The minimum absolute atomic E-state index is 0.0180. The van der Waals surface area contributed by atoms with Crippen molar-refractivity contribution in [2.24, 2.45) is 0 Å². The number of piperidine rings is 1. The van der Waals surface area contributed by atoms with Gasteiger partial charge in [0.2, 0.25) is 5.91 Å². The van der Waals surface area contributed by atoms with Crippen molar-refractivity contribution in [1.82, 2.24) is 10.2 Å². The van der Waals surface area contributed by atoms with E-state index >= 15 is 0 Å². The molecule has 1 atom stereocenters. The fourth-order valence-electron chi connectivity index (χ4n) is 2.94. The molecule has 0 aliphatic carbocycles. The first-order chi connectivity index (χ1) is 12.0. The molecule has 0 bridgehead atoms. The minimum Gasteiger partial charge on any atom is -0.395 e. The van der Waals surface area contributed by atoms with Crippen molar-refractivity contribution in [2.75, 3.05) is 36.9 Å². The van der Waals surface area contributed by atoms with Crippen molar-refractivity contribution in [3.63, 3.8) is 0 Å². The first-order valence-electron chi connectivity index (χ1n) is 8.46. The number of hydrogen-bond donors (Lipinski definition) is 4. The van der Waals surface area contributed by atoms with Gasteiger partial charge in [-0.05, 0) is 37.6 Å². The Morgan fingerprint density at radius 2 is 2.12 bits per heavy atom. The number of urea groups is 1. The van der Waals surface area contributed by atoms with Gasteiger partial charge in [0.1, 0.15) is 5.82 Å². The summed E-state index contributed by atoms with van der Waals surface area (Å²) in [6.45, 7) is 3.45. The van der Waals surface area contributed by atoms with Gasteiger partial charge in [0.25, 0.3) is 0 Å². The topological polar surface area (TPSA) is 93.7 Å². The largest absolute Gasteiger partial charge is 0.395 e. The van der Waals surface area contributed by atoms with Gasteiger partial charge in [-0.2, -0.15) is 0 Å². The summed E-state index contributed by atoms with van der Waals surface area (Å²) in [7, 11) is 0. The SMILES string of the molecule is CC(=O)Nc1cc(NC(=O)NCCN2CCCCC2CO)ccc1F. The minimum atomic E-state index is -0.568. The van der Waals surface area contributed by atoms with E-state index < -0.39 is 11.8 Å². The lowest BCUT2D eigenvalue weighted by molar-refractivity contribution is -0.114. The Kier molecular flexibility index (Phi) is 7.15. The molecule has 0 saturated carbocycles. The third-order valence-corrected chi connectivity index (χ3v) is 4.18. The molecule has 0 radical (unpaired) electrons. The van der Waals surface area contributed by atoms with Crippen LogP contribution >= 0.6 is 0 Å². The molecule has 0 aromatic heterocycles. The van der Waals surface area contributed by atoms with Crippen molar-refractivity contribution < 1.29 is 19.1 Å². The van der Waals surface area contributed by atoms with E-state index in [2.05, 4.69) is 20.9 Å². The molecule has 1 unspecified atom stereocenters. The fourth-order valence-corrected chi connectivity index (χ4v) is 2.94. The van der Waals surface area contributed by atoms with Crippen LogP contribution in [0.1, 0.15) is 26.2 Å². The number of aliphatic hydroxyl groups is 1. The van der Waals surface area contributed by atoms with Crippen molar-refractivity contribution in [1.29, 1.82) is 0 Å². The molecule has 1 aromatic rings. The molecule has 2 rings (SSSR count). The highest BCUT2D eigenvalue weighted by Crippen LogP contribution is 2.19. The zero-order valence-electron chi connectivity index (χ0n) is 14.3. The molecule has 138 valence electrons. The Hall–Kier alpha value is -2.19. The Morgan fingerprint density at radius 3 is 2.84 bits per heavy atom. The summed E-state index contributed by atoms with van der Waals surface area (Å²) in [4.78, 5) is 25.2. The summed E-state index contributed by atoms with van der Waals surface area (Å²) in [5.74, 6) is -0.957. The summed E-state index contributed by atoms with van der Waals surface area (Å²) in [5, 5.41) is 17.1. The number of aliphatic hydroxyl groups excluding tert-OH is 1. The smallest absolute Gasteiger partial charge is 0.319 e. The summed E-state index contributed by atoms with van der Waals surface area (Å²) >= 11 is 0. The van der Waals surface area contributed by atoms with Gasteiger partial charge in [0.15, 0.2) is 0 Å². The van der Waals surface area contributed by atoms with Gasteiger partial charge in [0, 0.05) is 31.7 Å². The summed E-state index contributed by atoms with van der Waals surface area (Å²) in [6.07, 6.45) is 3.20. The molecule has 1 aliphatic rings. The van der Waals surface area contributed by atoms with Crippen LogP contribution < -0.4 is 16.0 Å². The first kappa shape index (κ1) is 19.1. The number of carbonyl (C=O) groups excluding carboxylic acids is 2. The van der Waals surface area contributed by atoms with E-state index in [-0.39, 0.29) is 24.2 Å². The predicted molar refractivity (Wildman–Crippen MR) is 94.0 cm³/mol. The third-order valence-electron chi connectivity index (χ3n) is 4.18. The number of halogens is 1. The monoisotopic (exact) mass is 352 g/mol. The van der Waals surface area contributed by atoms with Gasteiger partial charge in [-0.25, -0.2) is 9.18 Å². The maximum absolute atomic E-state index is 13.6. The molecule has 1 saturated heterocycles. The zero-order chi connectivity index (χ0) is 18.2. The molecule has 8 heteroatoms. The van der Waals surface area contributed by atoms with Gasteiger partial charge >= 0.3 is 6.03 Å². The van der Waals surface area contributed by atoms with Gasteiger partial charge in [0.05, 0.1) is 12.3 Å². The van der Waals surface area contributed by atoms with E-state index in [0.29, 0.717) is 18.8 Å². The van der Waals surface area contributed by atoms with Crippen molar-refractivity contribution in [2.45, 2.75) is 32.2 Å². The van der Waals surface area contributed by atoms with Gasteiger partial charge in [-0.3, -0.25) is 9.69 Å². The van der Waals surface area contributed by atoms with Gasteiger partial charge in [-0.15, -0.1) is 0 Å². The average molecular weight is 352 g/mol. The Balaban J connectivity index is 1.81. The van der Waals surface area contributed by atoms with Gasteiger partial charge in [-0.1, -0.05) is 6.42 Å². The van der Waals surface area contributed by atoms with Crippen LogP contribution in [0.15, 0.2) is 18.2 Å². The molecule has 4 N–H and O–H groups in total. The van der Waals surface area contributed by atoms with Crippen molar-refractivity contribution >= 4 is 23.3 Å². The third kappa shape index (κ3) is 5.99. The summed E-state index contributed by atoms with van der Waals surface area (Å²) in [5.41, 5.74) is 0.401. The van der Waals surface area contributed by atoms with E-state index in [1.54, 1.807) is 0 Å². The number of amides is 3. The van der Waals surface area contributed by atoms with Crippen molar-refractivity contribution in [3.8, 4) is 0 Å². The number of likely N-dealkylation sites (tertiary alicyclic amines) is 1. The second kappa shape index (κ2) is 9.33. The Morgan fingerprint density at radius 1 is 1.32 bits per heavy atom. The average Bonchev–Trinajstić information content (AvgIpc) is 2.58. The summed E-state index contributed by atoms with van der Waals surface area (Å²) in [6, 6.07) is 3.73. The van der Waals surface area contributed by atoms with Crippen LogP contribution in [0, 0.1) is 5.82 Å². The van der Waals surface area contributed by atoms with E-state index in [0.717, 1.165) is 25.8 Å². The van der Waals surface area contributed by atoms with E-state index in [1.807, 2.05) is 0 Å². The Labute approximate surface area is 146 Å². The predicted octanol–water partition coefficient (Wildman–Crippen LogP) is 1.75. The molecule has 25 heavy (non-hydrogen) atoms. The summed E-state index contributed by atoms with van der Waals surface area (Å²) < 4.78 is 13.6. The molecular weight excluding hydrogens is 327 g/mol. The van der Waals surface area contributed by atoms with Crippen LogP contribution in [0.3, 0.4) is 0 Å². The molecule has 7 nitrogen and oxygen atoms in total. The highest BCUT2D eigenvalue weighted by molar-refractivity contribution is 5.92. The number of nitrogens with zero attached hydrogens (tertiary/aromatic N) is 1. The molecule has 1 heterocycles. The molecule has 1 aliphatic heterocycles. The van der Waals surface area contributed by atoms with Crippen LogP contribution in [0.5, 0.6) is 0 Å². The van der Waals surface area contributed by atoms with Crippen LogP contribution in [-0.4, -0.2) is 54.2 Å². The second-order valence-corrected chi connectivity index (χ2v) is 6.12. The standard InChI is InChI=1S/C17H25FN4O3/c1-12(24)20-16-10-13(5-6-15(16)18)21-17(25)19-7-9-22-8-3-2-4-14(22)11-23/h5-6,10,14,23H,2-4,7-9,11H2,1H3,(H,20,24)(H2,19,21,25). The van der Waals surface area contributed by atoms with Crippen LogP contribution in [-0.2, 0) is 4.79 Å². The maximum atomic E-state index is 13.6. The van der Waals surface area contributed by atoms with Crippen LogP contribution in [0.4, 0.5) is 20.6 Å². The lowest BCUT2D eigenvalue weighted by atomic mass is 10.0. The highest BCUT2D eigenvalue weighted by atomic mass is 19.1. The lowest BCUT2D eigenvalue weighted by Crippen LogP contribution is -2.46. The van der Waals surface area contributed by atoms with Crippen molar-refractivity contribution in [3.05, 3.63) is 24.0 Å². The van der Waals surface area contributed by atoms with E-state index in [9.17, 15) is 19.1 Å². The second-order valence-electron chi connectivity index (χ2n) is 6.12. The maximum Gasteiger partial charge on any atom is 0.319 e.